The van der Waals surface area contributed by atoms with Gasteiger partial charge in [0, 0.05) is 47.6 Å². The standard InChI is InChI=1S/C33H41N3O5/c1-7-38-34-20-26-9-13-29(14-10-26)40-31-17-28(33(37)36(22-24(3)4)23-25(5)6)18-32(19-31)41-30-15-11-27(12-16-30)21-35-39-8-2/h9-19,24-25,29-30H,7-8,22-23H2,1-6H3. The number of hydrogen-bond donors (Lipinski definition) is 0. The number of ether oxygens (including phenoxy) is 2. The van der Waals surface area contributed by atoms with E-state index >= 15 is 0 Å². The summed E-state index contributed by atoms with van der Waals surface area (Å²) in [7, 11) is 0. The van der Waals surface area contributed by atoms with E-state index in [9.17, 15) is 4.79 Å². The van der Waals surface area contributed by atoms with Gasteiger partial charge in [0.05, 0.1) is 0 Å². The second-order valence-electron chi connectivity index (χ2n) is 10.4. The molecule has 1 aromatic rings. The van der Waals surface area contributed by atoms with Gasteiger partial charge in [-0.2, -0.15) is 0 Å². The fourth-order valence-corrected chi connectivity index (χ4v) is 4.09. The topological polar surface area (TPSA) is 82.0 Å². The zero-order valence-corrected chi connectivity index (χ0v) is 24.9. The van der Waals surface area contributed by atoms with E-state index in [1.807, 2.05) is 67.4 Å². The molecule has 8 heteroatoms. The molecule has 218 valence electrons. The second kappa shape index (κ2) is 16.1. The van der Waals surface area contributed by atoms with E-state index in [2.05, 4.69) is 49.7 Å². The Hall–Kier alpha value is -4.25. The van der Waals surface area contributed by atoms with E-state index in [4.69, 9.17) is 19.1 Å². The van der Waals surface area contributed by atoms with Crippen LogP contribution >= 0.6 is 0 Å². The molecule has 3 rings (SSSR count). The van der Waals surface area contributed by atoms with Crippen LogP contribution in [-0.2, 0) is 9.68 Å². The summed E-state index contributed by atoms with van der Waals surface area (Å²) in [5, 5.41) is 7.57. The van der Waals surface area contributed by atoms with E-state index in [1.54, 1.807) is 18.2 Å². The number of allylic oxidation sites excluding steroid dienone is 6. The smallest absolute Gasteiger partial charge is 0.254 e. The number of rotatable bonds is 13. The molecule has 0 saturated heterocycles. The van der Waals surface area contributed by atoms with Crippen LogP contribution in [0.25, 0.3) is 0 Å². The lowest BCUT2D eigenvalue weighted by Gasteiger charge is -2.27. The fraction of sp³-hybridized carbons (Fsp3) is 0.424. The van der Waals surface area contributed by atoms with Crippen molar-refractivity contribution in [1.82, 2.24) is 4.90 Å². The van der Waals surface area contributed by atoms with E-state index in [1.165, 1.54) is 0 Å². The number of carbonyl (C=O) groups is 1. The average molecular weight is 560 g/mol. The Morgan fingerprint density at radius 1 is 0.756 bits per heavy atom. The zero-order chi connectivity index (χ0) is 29.6. The molecule has 0 fully saturated rings. The maximum atomic E-state index is 13.7. The second-order valence-corrected chi connectivity index (χ2v) is 10.4. The van der Waals surface area contributed by atoms with E-state index in [0.717, 1.165) is 11.1 Å². The Bertz CT molecular complexity index is 1170. The van der Waals surface area contributed by atoms with Gasteiger partial charge in [0.2, 0.25) is 0 Å². The third kappa shape index (κ3) is 10.7. The molecule has 1 amide bonds. The van der Waals surface area contributed by atoms with E-state index in [0.29, 0.717) is 55.2 Å². The maximum Gasteiger partial charge on any atom is 0.254 e. The van der Waals surface area contributed by atoms with Crippen LogP contribution in [-0.4, -0.2) is 61.1 Å². The van der Waals surface area contributed by atoms with Crippen molar-refractivity contribution in [3.63, 3.8) is 0 Å². The summed E-state index contributed by atoms with van der Waals surface area (Å²) >= 11 is 0. The molecule has 0 bridgehead atoms. The Labute approximate surface area is 243 Å². The first-order chi connectivity index (χ1) is 19.8. The molecule has 0 N–H and O–H groups in total. The minimum atomic E-state index is -0.333. The summed E-state index contributed by atoms with van der Waals surface area (Å²) in [6.07, 6.45) is 14.4. The van der Waals surface area contributed by atoms with Crippen molar-refractivity contribution >= 4 is 17.6 Å². The maximum absolute atomic E-state index is 13.7. The van der Waals surface area contributed by atoms with Gasteiger partial charge in [-0.1, -0.05) is 27.7 Å². The first kappa shape index (κ1) is 31.3. The zero-order valence-electron chi connectivity index (χ0n) is 24.9. The summed E-state index contributed by atoms with van der Waals surface area (Å²) < 4.78 is 12.5. The highest BCUT2D eigenvalue weighted by Crippen LogP contribution is 2.28. The molecule has 0 unspecified atom stereocenters. The van der Waals surface area contributed by atoms with Gasteiger partial charge in [-0.3, -0.25) is 4.79 Å². The Kier molecular flexibility index (Phi) is 12.3. The monoisotopic (exact) mass is 559 g/mol. The van der Waals surface area contributed by atoms with Crippen molar-refractivity contribution in [3.05, 3.63) is 83.5 Å². The predicted octanol–water partition coefficient (Wildman–Crippen LogP) is 6.28. The van der Waals surface area contributed by atoms with E-state index < -0.39 is 0 Å². The van der Waals surface area contributed by atoms with Crippen molar-refractivity contribution in [2.24, 2.45) is 22.1 Å². The number of benzene rings is 1. The molecular weight excluding hydrogens is 518 g/mol. The molecule has 41 heavy (non-hydrogen) atoms. The summed E-state index contributed by atoms with van der Waals surface area (Å²) in [6.45, 7) is 14.5. The highest BCUT2D eigenvalue weighted by molar-refractivity contribution is 5.95. The van der Waals surface area contributed by atoms with Crippen LogP contribution in [0, 0.1) is 11.8 Å². The minimum absolute atomic E-state index is 0.0538. The lowest BCUT2D eigenvalue weighted by molar-refractivity contribution is 0.0714. The van der Waals surface area contributed by atoms with Crippen molar-refractivity contribution in [2.75, 3.05) is 26.3 Å². The molecule has 0 saturated carbocycles. The van der Waals surface area contributed by atoms with Gasteiger partial charge < -0.3 is 24.0 Å². The van der Waals surface area contributed by atoms with Crippen LogP contribution in [0.1, 0.15) is 51.9 Å². The van der Waals surface area contributed by atoms with Crippen molar-refractivity contribution in [1.29, 1.82) is 0 Å². The van der Waals surface area contributed by atoms with Gasteiger partial charge in [-0.15, -0.1) is 0 Å². The summed E-state index contributed by atoms with van der Waals surface area (Å²) in [5.74, 6) is 7.35. The highest BCUT2D eigenvalue weighted by Gasteiger charge is 2.21. The fourth-order valence-electron chi connectivity index (χ4n) is 4.09. The molecule has 2 aliphatic carbocycles. The Morgan fingerprint density at radius 2 is 1.17 bits per heavy atom. The SMILES string of the molecule is CCON=C=C1C=CC(Oc2cc(OC3C=CC(=C=NOCC)C=C3)cc(C(=O)N(CC(C)C)CC(C)C)c2)C=C1. The molecule has 0 atom stereocenters. The lowest BCUT2D eigenvalue weighted by Crippen LogP contribution is -2.37. The van der Waals surface area contributed by atoms with Gasteiger partial charge in [0.25, 0.3) is 5.91 Å². The van der Waals surface area contributed by atoms with Crippen LogP contribution in [0.15, 0.2) is 88.3 Å². The third-order valence-electron chi connectivity index (χ3n) is 5.73. The number of hydrogen-bond acceptors (Lipinski definition) is 7. The van der Waals surface area contributed by atoms with Crippen molar-refractivity contribution in [3.8, 4) is 11.5 Å². The Balaban J connectivity index is 1.87. The van der Waals surface area contributed by atoms with Crippen molar-refractivity contribution < 1.29 is 23.9 Å². The molecule has 0 aliphatic heterocycles. The molecule has 0 heterocycles. The molecule has 0 aromatic heterocycles. The quantitative estimate of drug-likeness (QED) is 0.210. The number of nitrogens with zero attached hydrogens (tertiary/aromatic N) is 3. The van der Waals surface area contributed by atoms with Gasteiger partial charge in [0.1, 0.15) is 36.9 Å². The lowest BCUT2D eigenvalue weighted by atomic mass is 10.1. The molecule has 1 aromatic carbocycles. The molecule has 0 spiro atoms. The van der Waals surface area contributed by atoms with Crippen LogP contribution in [0.4, 0.5) is 0 Å². The number of amides is 1. The summed E-state index contributed by atoms with van der Waals surface area (Å²) in [4.78, 5) is 25.6. The van der Waals surface area contributed by atoms with E-state index in [-0.39, 0.29) is 18.1 Å². The van der Waals surface area contributed by atoms with Crippen LogP contribution in [0.2, 0.25) is 0 Å². The molecule has 0 radical (unpaired) electrons. The molecular formula is C33H41N3O5. The van der Waals surface area contributed by atoms with Crippen LogP contribution in [0.3, 0.4) is 0 Å². The largest absolute Gasteiger partial charge is 0.482 e. The van der Waals surface area contributed by atoms with Gasteiger partial charge in [-0.25, -0.2) is 0 Å². The molecule has 2 aliphatic rings. The first-order valence-corrected chi connectivity index (χ1v) is 14.2. The average Bonchev–Trinajstić information content (AvgIpc) is 2.94. The number of carbonyl (C=O) groups excluding carboxylic acids is 1. The van der Waals surface area contributed by atoms with Gasteiger partial charge in [0.15, 0.2) is 0 Å². The Morgan fingerprint density at radius 3 is 1.54 bits per heavy atom. The normalized spacial score (nSPS) is 17.3. The van der Waals surface area contributed by atoms with Gasteiger partial charge in [-0.05, 0) is 96.7 Å². The summed E-state index contributed by atoms with van der Waals surface area (Å²) in [6, 6.07) is 5.37. The third-order valence-corrected chi connectivity index (χ3v) is 5.73. The molecule has 8 nitrogen and oxygen atoms in total. The minimum Gasteiger partial charge on any atom is -0.482 e. The van der Waals surface area contributed by atoms with Crippen molar-refractivity contribution in [2.45, 2.75) is 53.8 Å². The van der Waals surface area contributed by atoms with Gasteiger partial charge >= 0.3 is 0 Å². The highest BCUT2D eigenvalue weighted by atomic mass is 16.6. The first-order valence-electron chi connectivity index (χ1n) is 14.2. The van der Waals surface area contributed by atoms with Crippen LogP contribution in [0.5, 0.6) is 11.5 Å². The predicted molar refractivity (Wildman–Crippen MR) is 163 cm³/mol. The van der Waals surface area contributed by atoms with Crippen LogP contribution < -0.4 is 9.47 Å². The summed E-state index contributed by atoms with van der Waals surface area (Å²) in [5.41, 5.74) is 2.07.